The van der Waals surface area contributed by atoms with Crippen molar-refractivity contribution in [2.24, 2.45) is 10.7 Å². The van der Waals surface area contributed by atoms with Crippen LogP contribution in [-0.2, 0) is 0 Å². The maximum absolute atomic E-state index is 15.6. The molecule has 0 bridgehead atoms. The zero-order valence-electron chi connectivity index (χ0n) is 22.2. The number of nitrogens with zero attached hydrogens (tertiary/aromatic N) is 5. The molecule has 0 unspecified atom stereocenters. The molecule has 43 heavy (non-hydrogen) atoms. The molecule has 1 aliphatic heterocycles. The monoisotopic (exact) mass is 608 g/mol. The van der Waals surface area contributed by atoms with Crippen molar-refractivity contribution in [3.8, 4) is 28.9 Å². The second-order valence-electron chi connectivity index (χ2n) is 9.00. The number of carboxylic acids is 1. The van der Waals surface area contributed by atoms with Crippen molar-refractivity contribution in [2.45, 2.75) is 10.1 Å². The van der Waals surface area contributed by atoms with Gasteiger partial charge in [-0.15, -0.1) is 0 Å². The van der Waals surface area contributed by atoms with Crippen LogP contribution in [0.5, 0.6) is 28.9 Å². The molecule has 0 saturated heterocycles. The van der Waals surface area contributed by atoms with Gasteiger partial charge in [-0.3, -0.25) is 10.4 Å². The summed E-state index contributed by atoms with van der Waals surface area (Å²) >= 11 is 1.08. The van der Waals surface area contributed by atoms with E-state index in [1.54, 1.807) is 19.2 Å². The molecule has 2 aromatic carbocycles. The SMILES string of the molecule is CN1CCN=C1c1cc(Sc2ncc(C(=O)O)c(N)n2)ccc1Oc1c(F)cnc(Oc2cc(C(=N)N)ccc2O)c1F. The molecule has 0 aliphatic carbocycles. The van der Waals surface area contributed by atoms with Crippen molar-refractivity contribution in [2.75, 3.05) is 25.9 Å². The summed E-state index contributed by atoms with van der Waals surface area (Å²) < 4.78 is 41.6. The predicted octanol–water partition coefficient (Wildman–Crippen LogP) is 3.85. The van der Waals surface area contributed by atoms with Crippen molar-refractivity contribution in [3.63, 3.8) is 0 Å². The van der Waals surface area contributed by atoms with E-state index in [4.69, 9.17) is 31.5 Å². The van der Waals surface area contributed by atoms with E-state index in [9.17, 15) is 14.3 Å². The van der Waals surface area contributed by atoms with Crippen molar-refractivity contribution in [1.82, 2.24) is 19.9 Å². The summed E-state index contributed by atoms with van der Waals surface area (Å²) in [5, 5.41) is 27.0. The minimum absolute atomic E-state index is 0.0508. The second-order valence-corrected chi connectivity index (χ2v) is 10.0. The molecule has 0 radical (unpaired) electrons. The molecule has 0 fully saturated rings. The molecule has 0 saturated carbocycles. The standard InChI is InChI=1S/C27H22F2N8O5S/c1-37-7-6-33-24(37)14-9-13(43-27-35-10-15(26(39)40)23(32)36-27)3-5-18(14)41-21-16(28)11-34-25(20(21)29)42-19-8-12(22(30)31)2-4-17(19)38/h2-5,8-11,38H,6-7H2,1H3,(H3,30,31)(H,39,40)(H2,32,35,36). The van der Waals surface area contributed by atoms with Crippen molar-refractivity contribution >= 4 is 35.2 Å². The lowest BCUT2D eigenvalue weighted by Crippen LogP contribution is -2.24. The van der Waals surface area contributed by atoms with Crippen LogP contribution in [0.25, 0.3) is 0 Å². The number of aromatic hydroxyl groups is 1. The first-order valence-electron chi connectivity index (χ1n) is 12.3. The Morgan fingerprint density at radius 2 is 1.91 bits per heavy atom. The number of hydrogen-bond donors (Lipinski definition) is 5. The average molecular weight is 609 g/mol. The second kappa shape index (κ2) is 11.8. The minimum Gasteiger partial charge on any atom is -0.504 e. The number of carbonyl (C=O) groups is 1. The lowest BCUT2D eigenvalue weighted by Gasteiger charge is -2.19. The van der Waals surface area contributed by atoms with Crippen molar-refractivity contribution in [1.29, 1.82) is 5.41 Å². The van der Waals surface area contributed by atoms with Gasteiger partial charge in [0.15, 0.2) is 22.5 Å². The fourth-order valence-electron chi connectivity index (χ4n) is 3.93. The number of nitrogen functional groups attached to an aromatic ring is 2. The van der Waals surface area contributed by atoms with E-state index in [0.717, 1.165) is 18.0 Å². The molecule has 3 heterocycles. The van der Waals surface area contributed by atoms with Gasteiger partial charge in [-0.1, -0.05) is 0 Å². The van der Waals surface area contributed by atoms with Crippen LogP contribution in [-0.4, -0.2) is 67.8 Å². The summed E-state index contributed by atoms with van der Waals surface area (Å²) in [4.78, 5) is 29.8. The van der Waals surface area contributed by atoms with Crippen molar-refractivity contribution < 1.29 is 33.3 Å². The van der Waals surface area contributed by atoms with Gasteiger partial charge in [0.2, 0.25) is 11.6 Å². The predicted molar refractivity (Wildman–Crippen MR) is 151 cm³/mol. The molecule has 7 N–H and O–H groups in total. The molecule has 0 spiro atoms. The Morgan fingerprint density at radius 1 is 1.12 bits per heavy atom. The Kier molecular flexibility index (Phi) is 7.94. The first-order valence-corrected chi connectivity index (χ1v) is 13.1. The van der Waals surface area contributed by atoms with E-state index in [-0.39, 0.29) is 45.2 Å². The molecule has 4 aromatic rings. The summed E-state index contributed by atoms with van der Waals surface area (Å²) in [6.07, 6.45) is 1.80. The van der Waals surface area contributed by atoms with Gasteiger partial charge in [-0.2, -0.15) is 4.39 Å². The lowest BCUT2D eigenvalue weighted by atomic mass is 10.1. The highest BCUT2D eigenvalue weighted by Crippen LogP contribution is 2.39. The Balaban J connectivity index is 1.49. The number of carboxylic acid groups (broad SMARTS) is 1. The van der Waals surface area contributed by atoms with Crippen LogP contribution >= 0.6 is 11.8 Å². The zero-order chi connectivity index (χ0) is 30.8. The van der Waals surface area contributed by atoms with Gasteiger partial charge in [0.1, 0.15) is 28.8 Å². The Bertz CT molecular complexity index is 1810. The maximum atomic E-state index is 15.6. The third kappa shape index (κ3) is 6.08. The summed E-state index contributed by atoms with van der Waals surface area (Å²) in [5.74, 6) is -5.82. The third-order valence-electron chi connectivity index (χ3n) is 6.07. The van der Waals surface area contributed by atoms with Gasteiger partial charge in [-0.25, -0.2) is 24.1 Å². The molecular formula is C27H22F2N8O5S. The summed E-state index contributed by atoms with van der Waals surface area (Å²) in [5.41, 5.74) is 11.6. The number of phenols is 1. The molecule has 16 heteroatoms. The number of aromatic carboxylic acids is 1. The van der Waals surface area contributed by atoms with Crippen LogP contribution in [0.15, 0.2) is 63.8 Å². The van der Waals surface area contributed by atoms with Crippen LogP contribution in [0.3, 0.4) is 0 Å². The fourth-order valence-corrected chi connectivity index (χ4v) is 4.70. The number of phenolic OH excluding ortho intramolecular Hbond substituents is 1. The molecule has 2 aromatic heterocycles. The third-order valence-corrected chi connectivity index (χ3v) is 6.94. The fraction of sp³-hybridized carbons (Fsp3) is 0.111. The number of halogens is 2. The largest absolute Gasteiger partial charge is 0.504 e. The highest BCUT2D eigenvalue weighted by molar-refractivity contribution is 7.99. The molecular weight excluding hydrogens is 586 g/mol. The smallest absolute Gasteiger partial charge is 0.341 e. The number of aliphatic imine (C=N–C) groups is 1. The van der Waals surface area contributed by atoms with Gasteiger partial charge in [0.25, 0.3) is 5.88 Å². The molecule has 220 valence electrons. The maximum Gasteiger partial charge on any atom is 0.341 e. The van der Waals surface area contributed by atoms with E-state index in [1.807, 2.05) is 4.90 Å². The quantitative estimate of drug-likeness (QED) is 0.104. The topological polar surface area (TPSA) is 206 Å². The first-order chi connectivity index (χ1) is 20.5. The lowest BCUT2D eigenvalue weighted by molar-refractivity contribution is 0.0697. The van der Waals surface area contributed by atoms with E-state index in [2.05, 4.69) is 19.9 Å². The minimum atomic E-state index is -1.29. The van der Waals surface area contributed by atoms with Crippen LogP contribution < -0.4 is 20.9 Å². The van der Waals surface area contributed by atoms with Crippen molar-refractivity contribution in [3.05, 3.63) is 77.1 Å². The number of hydrogen-bond acceptors (Lipinski definition) is 12. The Morgan fingerprint density at radius 3 is 2.58 bits per heavy atom. The summed E-state index contributed by atoms with van der Waals surface area (Å²) in [7, 11) is 1.80. The summed E-state index contributed by atoms with van der Waals surface area (Å²) in [6.45, 7) is 1.08. The van der Waals surface area contributed by atoms with Gasteiger partial charge in [0, 0.05) is 30.2 Å². The molecule has 13 nitrogen and oxygen atoms in total. The summed E-state index contributed by atoms with van der Waals surface area (Å²) in [6, 6.07) is 8.50. The van der Waals surface area contributed by atoms with Gasteiger partial charge < -0.3 is 36.1 Å². The number of pyridine rings is 1. The molecule has 1 aliphatic rings. The zero-order valence-corrected chi connectivity index (χ0v) is 23.0. The van der Waals surface area contributed by atoms with E-state index < -0.39 is 29.2 Å². The van der Waals surface area contributed by atoms with Crippen LogP contribution in [0, 0.1) is 17.0 Å². The Labute approximate surface area is 246 Å². The normalized spacial score (nSPS) is 12.6. The number of likely N-dealkylation sites (N-methyl/N-ethyl adjacent to an activating group) is 1. The van der Waals surface area contributed by atoms with Gasteiger partial charge in [-0.05, 0) is 48.2 Å². The molecule has 5 rings (SSSR count). The number of ether oxygens (including phenoxy) is 2. The number of anilines is 1. The number of rotatable bonds is 9. The van der Waals surface area contributed by atoms with Crippen LogP contribution in [0.4, 0.5) is 14.6 Å². The van der Waals surface area contributed by atoms with Gasteiger partial charge >= 0.3 is 5.97 Å². The van der Waals surface area contributed by atoms with E-state index in [0.29, 0.717) is 35.6 Å². The van der Waals surface area contributed by atoms with E-state index in [1.165, 1.54) is 24.3 Å². The number of benzene rings is 2. The van der Waals surface area contributed by atoms with Crippen LogP contribution in [0.2, 0.25) is 0 Å². The number of nitrogens with two attached hydrogens (primary N) is 2. The first kappa shape index (κ1) is 29.0. The average Bonchev–Trinajstić information content (AvgIpc) is 3.39. The highest BCUT2D eigenvalue weighted by atomic mass is 32.2. The highest BCUT2D eigenvalue weighted by Gasteiger charge is 2.25. The number of nitrogens with one attached hydrogen (secondary N) is 1. The number of amidine groups is 2. The number of aromatic nitrogens is 3. The molecule has 0 amide bonds. The molecule has 0 atom stereocenters. The Hall–Kier alpha value is -5.51. The van der Waals surface area contributed by atoms with Crippen LogP contribution in [0.1, 0.15) is 21.5 Å². The van der Waals surface area contributed by atoms with Gasteiger partial charge in [0.05, 0.1) is 18.3 Å². The van der Waals surface area contributed by atoms with E-state index >= 15 is 4.39 Å².